The number of nitrogens with zero attached hydrogens (tertiary/aromatic N) is 4. The molecule has 0 amide bonds. The molecule has 7 heteroatoms. The van der Waals surface area contributed by atoms with Gasteiger partial charge in [-0.05, 0) is 19.3 Å². The number of imidazole rings is 1. The lowest BCUT2D eigenvalue weighted by Crippen LogP contribution is -2.61. The van der Waals surface area contributed by atoms with Crippen LogP contribution in [0.2, 0.25) is 0 Å². The summed E-state index contributed by atoms with van der Waals surface area (Å²) in [6.07, 6.45) is 9.40. The summed E-state index contributed by atoms with van der Waals surface area (Å²) in [5, 5.41) is 3.37. The Morgan fingerprint density at radius 1 is 1.39 bits per heavy atom. The third-order valence-electron chi connectivity index (χ3n) is 4.60. The number of aromatic nitrogens is 4. The molecule has 0 spiro atoms. The summed E-state index contributed by atoms with van der Waals surface area (Å²) in [6.45, 7) is 1.78. The molecule has 2 aromatic rings. The van der Waals surface area contributed by atoms with Crippen molar-refractivity contribution in [2.45, 2.75) is 30.7 Å². The second kappa shape index (κ2) is 5.58. The number of nitrogens with two attached hydrogens (primary N) is 1. The van der Waals surface area contributed by atoms with Gasteiger partial charge in [-0.1, -0.05) is 12.2 Å². The molecule has 1 fully saturated rings. The van der Waals surface area contributed by atoms with Crippen molar-refractivity contribution in [3.05, 3.63) is 24.3 Å². The Labute approximate surface area is 135 Å². The number of hydrogen-bond donors (Lipinski definition) is 2. The second-order valence-corrected chi connectivity index (χ2v) is 6.65. The van der Waals surface area contributed by atoms with Crippen LogP contribution < -0.4 is 11.1 Å². The SMILES string of the molecule is Cn1cnc2c(NCC3(N)COC3)nc(C3CC=CCC3)nc21. The van der Waals surface area contributed by atoms with E-state index in [1.54, 1.807) is 6.33 Å². The van der Waals surface area contributed by atoms with E-state index >= 15 is 0 Å². The molecule has 1 aliphatic carbocycles. The number of allylic oxidation sites excluding steroid dienone is 2. The van der Waals surface area contributed by atoms with Gasteiger partial charge in [-0.2, -0.15) is 0 Å². The van der Waals surface area contributed by atoms with Crippen molar-refractivity contribution in [3.8, 4) is 0 Å². The molecule has 3 N–H and O–H groups in total. The van der Waals surface area contributed by atoms with Crippen molar-refractivity contribution in [1.82, 2.24) is 19.5 Å². The van der Waals surface area contributed by atoms with Crippen LogP contribution in [-0.2, 0) is 11.8 Å². The normalized spacial score (nSPS) is 23.0. The molecular weight excluding hydrogens is 292 g/mol. The molecule has 0 aromatic carbocycles. The lowest BCUT2D eigenvalue weighted by Gasteiger charge is -2.37. The molecule has 1 unspecified atom stereocenters. The Morgan fingerprint density at radius 3 is 2.96 bits per heavy atom. The molecule has 1 aliphatic heterocycles. The van der Waals surface area contributed by atoms with Gasteiger partial charge in [0.25, 0.3) is 0 Å². The smallest absolute Gasteiger partial charge is 0.165 e. The van der Waals surface area contributed by atoms with Crippen LogP contribution in [0, 0.1) is 0 Å². The van der Waals surface area contributed by atoms with E-state index in [4.69, 9.17) is 20.4 Å². The van der Waals surface area contributed by atoms with E-state index in [-0.39, 0.29) is 5.54 Å². The maximum Gasteiger partial charge on any atom is 0.165 e. The van der Waals surface area contributed by atoms with Gasteiger partial charge in [0.1, 0.15) is 11.3 Å². The average molecular weight is 314 g/mol. The monoisotopic (exact) mass is 314 g/mol. The molecule has 0 bridgehead atoms. The minimum absolute atomic E-state index is 0.306. The van der Waals surface area contributed by atoms with E-state index < -0.39 is 0 Å². The minimum atomic E-state index is -0.306. The molecule has 0 radical (unpaired) electrons. The highest BCUT2D eigenvalue weighted by atomic mass is 16.5. The van der Waals surface area contributed by atoms with E-state index in [1.165, 1.54) is 0 Å². The van der Waals surface area contributed by atoms with Gasteiger partial charge in [-0.15, -0.1) is 0 Å². The predicted octanol–water partition coefficient (Wildman–Crippen LogP) is 1.33. The molecule has 1 saturated heterocycles. The molecule has 7 nitrogen and oxygen atoms in total. The van der Waals surface area contributed by atoms with Gasteiger partial charge in [-0.25, -0.2) is 15.0 Å². The molecule has 1 atom stereocenters. The summed E-state index contributed by atoms with van der Waals surface area (Å²) in [5.74, 6) is 2.04. The molecule has 2 aliphatic rings. The summed E-state index contributed by atoms with van der Waals surface area (Å²) in [7, 11) is 1.96. The number of nitrogens with one attached hydrogen (secondary N) is 1. The van der Waals surface area contributed by atoms with E-state index in [0.29, 0.717) is 25.7 Å². The zero-order valence-electron chi connectivity index (χ0n) is 13.3. The molecule has 4 rings (SSSR count). The third-order valence-corrected chi connectivity index (χ3v) is 4.60. The van der Waals surface area contributed by atoms with E-state index in [1.807, 2.05) is 11.6 Å². The Balaban J connectivity index is 1.67. The summed E-state index contributed by atoms with van der Waals surface area (Å²) in [5.41, 5.74) is 7.57. The van der Waals surface area contributed by atoms with Crippen LogP contribution in [0.3, 0.4) is 0 Å². The van der Waals surface area contributed by atoms with Gasteiger partial charge in [0, 0.05) is 19.5 Å². The highest BCUT2D eigenvalue weighted by Crippen LogP contribution is 2.29. The number of rotatable bonds is 4. The van der Waals surface area contributed by atoms with Gasteiger partial charge in [0.05, 0.1) is 25.1 Å². The van der Waals surface area contributed by atoms with E-state index in [9.17, 15) is 0 Å². The molecule has 2 aromatic heterocycles. The Bertz CT molecular complexity index is 748. The third kappa shape index (κ3) is 2.70. The largest absolute Gasteiger partial charge is 0.377 e. The summed E-state index contributed by atoms with van der Waals surface area (Å²) in [4.78, 5) is 14.0. The first-order valence-electron chi connectivity index (χ1n) is 8.09. The summed E-state index contributed by atoms with van der Waals surface area (Å²) in [6, 6.07) is 0. The van der Waals surface area contributed by atoms with Crippen molar-refractivity contribution in [2.24, 2.45) is 12.8 Å². The van der Waals surface area contributed by atoms with Crippen LogP contribution in [0.1, 0.15) is 31.0 Å². The fourth-order valence-electron chi connectivity index (χ4n) is 3.08. The van der Waals surface area contributed by atoms with Crippen LogP contribution in [-0.4, -0.2) is 44.8 Å². The van der Waals surface area contributed by atoms with Gasteiger partial charge < -0.3 is 20.4 Å². The lowest BCUT2D eigenvalue weighted by atomic mass is 9.93. The Hall–Kier alpha value is -1.99. The molecule has 3 heterocycles. The van der Waals surface area contributed by atoms with Crippen molar-refractivity contribution in [1.29, 1.82) is 0 Å². The van der Waals surface area contributed by atoms with Crippen molar-refractivity contribution < 1.29 is 4.74 Å². The highest BCUT2D eigenvalue weighted by Gasteiger charge is 2.34. The summed E-state index contributed by atoms with van der Waals surface area (Å²) < 4.78 is 7.15. The first kappa shape index (κ1) is 14.6. The zero-order chi connectivity index (χ0) is 15.9. The van der Waals surface area contributed by atoms with Gasteiger partial charge in [0.2, 0.25) is 0 Å². The average Bonchev–Trinajstić information content (AvgIpc) is 2.93. The number of hydrogen-bond acceptors (Lipinski definition) is 6. The second-order valence-electron chi connectivity index (χ2n) is 6.65. The fourth-order valence-corrected chi connectivity index (χ4v) is 3.08. The van der Waals surface area contributed by atoms with Gasteiger partial charge >= 0.3 is 0 Å². The molecular formula is C16H22N6O. The van der Waals surface area contributed by atoms with Crippen molar-refractivity contribution >= 4 is 17.0 Å². The zero-order valence-corrected chi connectivity index (χ0v) is 13.3. The standard InChI is InChI=1S/C16H22N6O/c1-22-10-19-12-14(18-7-16(17)8-23-9-16)20-13(21-15(12)22)11-5-3-2-4-6-11/h2-3,10-11H,4-9,17H2,1H3,(H,18,20,21). The molecule has 122 valence electrons. The number of aryl methyl sites for hydroxylation is 1. The molecule has 0 saturated carbocycles. The van der Waals surface area contributed by atoms with Crippen LogP contribution in [0.4, 0.5) is 5.82 Å². The molecule has 23 heavy (non-hydrogen) atoms. The Kier molecular flexibility index (Phi) is 3.54. The lowest BCUT2D eigenvalue weighted by molar-refractivity contribution is -0.0461. The van der Waals surface area contributed by atoms with Gasteiger partial charge in [-0.3, -0.25) is 0 Å². The van der Waals surface area contributed by atoms with Crippen LogP contribution >= 0.6 is 0 Å². The summed E-state index contributed by atoms with van der Waals surface area (Å²) >= 11 is 0. The number of ether oxygens (including phenoxy) is 1. The van der Waals surface area contributed by atoms with E-state index in [2.05, 4.69) is 22.5 Å². The van der Waals surface area contributed by atoms with E-state index in [0.717, 1.165) is 42.1 Å². The van der Waals surface area contributed by atoms with Crippen molar-refractivity contribution in [2.75, 3.05) is 25.1 Å². The Morgan fingerprint density at radius 2 is 2.26 bits per heavy atom. The quantitative estimate of drug-likeness (QED) is 0.827. The highest BCUT2D eigenvalue weighted by molar-refractivity contribution is 5.83. The maximum absolute atomic E-state index is 6.22. The fraction of sp³-hybridized carbons (Fsp3) is 0.562. The predicted molar refractivity (Wildman–Crippen MR) is 88.3 cm³/mol. The van der Waals surface area contributed by atoms with Crippen LogP contribution in [0.5, 0.6) is 0 Å². The first-order chi connectivity index (χ1) is 11.1. The topological polar surface area (TPSA) is 90.9 Å². The van der Waals surface area contributed by atoms with Gasteiger partial charge in [0.15, 0.2) is 11.5 Å². The minimum Gasteiger partial charge on any atom is -0.377 e. The van der Waals surface area contributed by atoms with Crippen molar-refractivity contribution in [3.63, 3.8) is 0 Å². The maximum atomic E-state index is 6.22. The van der Waals surface area contributed by atoms with Crippen LogP contribution in [0.15, 0.2) is 18.5 Å². The number of anilines is 1. The van der Waals surface area contributed by atoms with Crippen LogP contribution in [0.25, 0.3) is 11.2 Å². The number of fused-ring (bicyclic) bond motifs is 1. The first-order valence-corrected chi connectivity index (χ1v) is 8.09.